The molecule has 0 saturated carbocycles. The summed E-state index contributed by atoms with van der Waals surface area (Å²) in [5.74, 6) is 0.921. The van der Waals surface area contributed by atoms with Crippen molar-refractivity contribution in [1.29, 1.82) is 0 Å². The first kappa shape index (κ1) is 16.0. The normalized spacial score (nSPS) is 10.3. The zero-order valence-corrected chi connectivity index (χ0v) is 13.5. The highest BCUT2D eigenvalue weighted by atomic mass is 35.5. The lowest BCUT2D eigenvalue weighted by Crippen LogP contribution is -1.96. The van der Waals surface area contributed by atoms with E-state index in [0.717, 1.165) is 0 Å². The summed E-state index contributed by atoms with van der Waals surface area (Å²) in [7, 11) is 3.00. The Hall–Kier alpha value is -1.42. The van der Waals surface area contributed by atoms with Crippen molar-refractivity contribution in [3.05, 3.63) is 44.9 Å². The summed E-state index contributed by atoms with van der Waals surface area (Å²) in [4.78, 5) is 11.3. The minimum atomic E-state index is 0.350. The van der Waals surface area contributed by atoms with E-state index in [0.29, 0.717) is 49.5 Å². The van der Waals surface area contributed by atoms with Gasteiger partial charge in [-0.3, -0.25) is 4.79 Å². The third-order valence-corrected chi connectivity index (χ3v) is 3.77. The maximum absolute atomic E-state index is 11.3. The highest BCUT2D eigenvalue weighted by molar-refractivity contribution is 6.42. The molecule has 0 aromatic heterocycles. The van der Waals surface area contributed by atoms with Crippen LogP contribution in [-0.2, 0) is 0 Å². The molecule has 0 N–H and O–H groups in total. The Morgan fingerprint density at radius 2 is 1.43 bits per heavy atom. The highest BCUT2D eigenvalue weighted by Crippen LogP contribution is 2.42. The van der Waals surface area contributed by atoms with Crippen LogP contribution in [0.1, 0.15) is 10.4 Å². The van der Waals surface area contributed by atoms with Crippen LogP contribution in [0.4, 0.5) is 0 Å². The molecular weight excluding hydrogens is 335 g/mol. The molecule has 2 rings (SSSR count). The van der Waals surface area contributed by atoms with E-state index >= 15 is 0 Å². The van der Waals surface area contributed by atoms with E-state index in [1.807, 2.05) is 0 Å². The van der Waals surface area contributed by atoms with Gasteiger partial charge in [0, 0.05) is 16.1 Å². The molecule has 3 nitrogen and oxygen atoms in total. The maximum atomic E-state index is 11.3. The van der Waals surface area contributed by atoms with Gasteiger partial charge in [0.1, 0.15) is 0 Å². The number of methoxy groups -OCH3 is 2. The molecule has 0 unspecified atom stereocenters. The lowest BCUT2D eigenvalue weighted by molar-refractivity contribution is 0.112. The van der Waals surface area contributed by atoms with Gasteiger partial charge in [0.2, 0.25) is 0 Å². The summed E-state index contributed by atoms with van der Waals surface area (Å²) in [5, 5.41) is 1.12. The van der Waals surface area contributed by atoms with Gasteiger partial charge in [0.25, 0.3) is 0 Å². The molecule has 0 amide bonds. The van der Waals surface area contributed by atoms with E-state index in [1.165, 1.54) is 14.2 Å². The minimum Gasteiger partial charge on any atom is -0.493 e. The van der Waals surface area contributed by atoms with Gasteiger partial charge in [-0.1, -0.05) is 34.8 Å². The second-order valence-corrected chi connectivity index (χ2v) is 5.41. The van der Waals surface area contributed by atoms with Crippen molar-refractivity contribution in [3.8, 4) is 22.6 Å². The molecule has 6 heteroatoms. The van der Waals surface area contributed by atoms with E-state index < -0.39 is 0 Å². The van der Waals surface area contributed by atoms with Crippen LogP contribution < -0.4 is 9.47 Å². The summed E-state index contributed by atoms with van der Waals surface area (Å²) in [5.41, 5.74) is 1.46. The van der Waals surface area contributed by atoms with Gasteiger partial charge < -0.3 is 9.47 Å². The zero-order chi connectivity index (χ0) is 15.6. The Morgan fingerprint density at radius 3 is 1.90 bits per heavy atom. The Labute approximate surface area is 137 Å². The van der Waals surface area contributed by atoms with Gasteiger partial charge in [-0.05, 0) is 29.8 Å². The molecule has 0 bridgehead atoms. The van der Waals surface area contributed by atoms with Crippen molar-refractivity contribution < 1.29 is 14.3 Å². The molecule has 0 heterocycles. The molecule has 21 heavy (non-hydrogen) atoms. The largest absolute Gasteiger partial charge is 0.493 e. The molecule has 0 saturated heterocycles. The lowest BCUT2D eigenvalue weighted by atomic mass is 9.99. The van der Waals surface area contributed by atoms with Crippen LogP contribution in [0.15, 0.2) is 24.3 Å². The molecule has 0 aliphatic carbocycles. The Bertz CT molecular complexity index is 676. The Kier molecular flexibility index (Phi) is 4.99. The smallest absolute Gasteiger partial charge is 0.161 e. The molecule has 0 atom stereocenters. The van der Waals surface area contributed by atoms with Crippen molar-refractivity contribution >= 4 is 41.1 Å². The number of benzene rings is 2. The molecule has 110 valence electrons. The first-order valence-electron chi connectivity index (χ1n) is 5.88. The van der Waals surface area contributed by atoms with Gasteiger partial charge >= 0.3 is 0 Å². The quantitative estimate of drug-likeness (QED) is 0.719. The van der Waals surface area contributed by atoms with Crippen molar-refractivity contribution in [1.82, 2.24) is 0 Å². The molecule has 0 radical (unpaired) electrons. The fraction of sp³-hybridized carbons (Fsp3) is 0.133. The Balaban J connectivity index is 2.77. The van der Waals surface area contributed by atoms with Crippen LogP contribution in [0.5, 0.6) is 11.5 Å². The van der Waals surface area contributed by atoms with Crippen LogP contribution >= 0.6 is 34.8 Å². The number of aldehydes is 1. The average molecular weight is 346 g/mol. The van der Waals surface area contributed by atoms with Crippen LogP contribution in [0.3, 0.4) is 0 Å². The second kappa shape index (κ2) is 6.56. The monoisotopic (exact) mass is 344 g/mol. The number of carbonyl (C=O) groups excluding carboxylic acids is 1. The number of rotatable bonds is 4. The highest BCUT2D eigenvalue weighted by Gasteiger charge is 2.17. The zero-order valence-electron chi connectivity index (χ0n) is 11.2. The van der Waals surface area contributed by atoms with Crippen LogP contribution in [0.2, 0.25) is 15.1 Å². The molecule has 0 spiro atoms. The van der Waals surface area contributed by atoms with E-state index in [9.17, 15) is 4.79 Å². The first-order valence-corrected chi connectivity index (χ1v) is 7.01. The van der Waals surface area contributed by atoms with Gasteiger partial charge in [-0.25, -0.2) is 0 Å². The van der Waals surface area contributed by atoms with E-state index in [-0.39, 0.29) is 0 Å². The fourth-order valence-corrected chi connectivity index (χ4v) is 3.03. The Morgan fingerprint density at radius 1 is 0.905 bits per heavy atom. The number of hydrogen-bond acceptors (Lipinski definition) is 3. The standard InChI is InChI=1S/C15H11Cl3O3/c1-20-13-3-8(7-19)10(6-14(13)21-2)15-11(17)4-9(16)5-12(15)18/h3-7H,1-2H3. The summed E-state index contributed by atoms with van der Waals surface area (Å²) in [6.45, 7) is 0. The van der Waals surface area contributed by atoms with Gasteiger partial charge in [0.15, 0.2) is 17.8 Å². The van der Waals surface area contributed by atoms with Crippen LogP contribution in [0, 0.1) is 0 Å². The van der Waals surface area contributed by atoms with Crippen molar-refractivity contribution in [2.75, 3.05) is 14.2 Å². The number of ether oxygens (including phenoxy) is 2. The summed E-state index contributed by atoms with van der Waals surface area (Å²) in [6, 6.07) is 6.36. The van der Waals surface area contributed by atoms with Gasteiger partial charge in [-0.2, -0.15) is 0 Å². The molecular formula is C15H11Cl3O3. The van der Waals surface area contributed by atoms with Gasteiger partial charge in [-0.15, -0.1) is 0 Å². The number of hydrogen-bond donors (Lipinski definition) is 0. The third kappa shape index (κ3) is 3.10. The second-order valence-electron chi connectivity index (χ2n) is 4.16. The van der Waals surface area contributed by atoms with Crippen molar-refractivity contribution in [2.45, 2.75) is 0 Å². The average Bonchev–Trinajstić information content (AvgIpc) is 2.45. The van der Waals surface area contributed by atoms with E-state index in [2.05, 4.69) is 0 Å². The van der Waals surface area contributed by atoms with Crippen molar-refractivity contribution in [3.63, 3.8) is 0 Å². The molecule has 2 aromatic carbocycles. The molecule has 0 aliphatic rings. The lowest BCUT2D eigenvalue weighted by Gasteiger charge is -2.14. The maximum Gasteiger partial charge on any atom is 0.161 e. The molecule has 0 fully saturated rings. The minimum absolute atomic E-state index is 0.350. The predicted molar refractivity (Wildman–Crippen MR) is 85.4 cm³/mol. The van der Waals surface area contributed by atoms with E-state index in [4.69, 9.17) is 44.3 Å². The van der Waals surface area contributed by atoms with Crippen LogP contribution in [-0.4, -0.2) is 20.5 Å². The number of halogens is 3. The molecule has 0 aliphatic heterocycles. The predicted octanol–water partition coefficient (Wildman–Crippen LogP) is 5.14. The fourth-order valence-electron chi connectivity index (χ4n) is 2.01. The topological polar surface area (TPSA) is 35.5 Å². The van der Waals surface area contributed by atoms with Crippen molar-refractivity contribution in [2.24, 2.45) is 0 Å². The summed E-state index contributed by atoms with van der Waals surface area (Å²) >= 11 is 18.3. The first-order chi connectivity index (χ1) is 10.0. The summed E-state index contributed by atoms with van der Waals surface area (Å²) in [6.07, 6.45) is 0.707. The van der Waals surface area contributed by atoms with Gasteiger partial charge in [0.05, 0.1) is 24.3 Å². The SMILES string of the molecule is COc1cc(C=O)c(-c2c(Cl)cc(Cl)cc2Cl)cc1OC. The summed E-state index contributed by atoms with van der Waals surface area (Å²) < 4.78 is 10.4. The van der Waals surface area contributed by atoms with E-state index in [1.54, 1.807) is 24.3 Å². The third-order valence-electron chi connectivity index (χ3n) is 2.96. The molecule has 2 aromatic rings. The van der Waals surface area contributed by atoms with Crippen LogP contribution in [0.25, 0.3) is 11.1 Å². The number of carbonyl (C=O) groups is 1.